The number of methoxy groups -OCH3 is 1. The van der Waals surface area contributed by atoms with Crippen molar-refractivity contribution in [3.8, 4) is 0 Å². The van der Waals surface area contributed by atoms with Gasteiger partial charge in [-0.05, 0) is 19.4 Å². The molecule has 0 N–H and O–H groups in total. The molecular formula is C15H23NO2. The van der Waals surface area contributed by atoms with E-state index in [9.17, 15) is 4.79 Å². The van der Waals surface area contributed by atoms with Crippen molar-refractivity contribution in [3.63, 3.8) is 0 Å². The molecule has 0 spiro atoms. The zero-order valence-corrected chi connectivity index (χ0v) is 11.6. The normalized spacial score (nSPS) is 11.2. The average Bonchev–Trinajstić information content (AvgIpc) is 2.35. The Hall–Kier alpha value is -1.19. The number of Topliss-reactive ketones (excluding diaryl/α,β-unsaturated/α-hetero) is 1. The largest absolute Gasteiger partial charge is 0.383 e. The second-order valence-electron chi connectivity index (χ2n) is 4.76. The maximum absolute atomic E-state index is 12.0. The summed E-state index contributed by atoms with van der Waals surface area (Å²) in [5.74, 6) is 0.256. The van der Waals surface area contributed by atoms with Crippen LogP contribution in [0.3, 0.4) is 0 Å². The Kier molecular flexibility index (Phi) is 6.61. The summed E-state index contributed by atoms with van der Waals surface area (Å²) in [6, 6.07) is 10.2. The van der Waals surface area contributed by atoms with Gasteiger partial charge in [-0.15, -0.1) is 0 Å². The molecule has 0 aliphatic heterocycles. The average molecular weight is 249 g/mol. The lowest BCUT2D eigenvalue weighted by atomic mass is 10.1. The van der Waals surface area contributed by atoms with E-state index in [1.165, 1.54) is 0 Å². The molecule has 0 aliphatic rings. The van der Waals surface area contributed by atoms with E-state index in [0.29, 0.717) is 25.6 Å². The second kappa shape index (κ2) is 8.01. The van der Waals surface area contributed by atoms with Crippen LogP contribution < -0.4 is 0 Å². The molecule has 0 saturated heterocycles. The molecule has 1 rings (SSSR count). The molecule has 3 heteroatoms. The molecule has 0 fully saturated rings. The maximum atomic E-state index is 12.0. The number of hydrogen-bond acceptors (Lipinski definition) is 3. The van der Waals surface area contributed by atoms with Gasteiger partial charge in [0.1, 0.15) is 0 Å². The zero-order valence-electron chi connectivity index (χ0n) is 11.6. The van der Waals surface area contributed by atoms with Gasteiger partial charge in [-0.3, -0.25) is 9.69 Å². The van der Waals surface area contributed by atoms with E-state index in [2.05, 4.69) is 18.7 Å². The van der Waals surface area contributed by atoms with Crippen LogP contribution in [0, 0.1) is 0 Å². The number of hydrogen-bond donors (Lipinski definition) is 0. The van der Waals surface area contributed by atoms with E-state index in [-0.39, 0.29) is 5.78 Å². The molecule has 0 aromatic heterocycles. The molecule has 18 heavy (non-hydrogen) atoms. The quantitative estimate of drug-likeness (QED) is 0.707. The van der Waals surface area contributed by atoms with E-state index >= 15 is 0 Å². The molecular weight excluding hydrogens is 226 g/mol. The fourth-order valence-corrected chi connectivity index (χ4v) is 1.83. The molecule has 0 aliphatic carbocycles. The minimum atomic E-state index is 0.256. The molecule has 3 nitrogen and oxygen atoms in total. The summed E-state index contributed by atoms with van der Waals surface area (Å²) < 4.78 is 5.07. The number of carbonyl (C=O) groups excluding carboxylic acids is 1. The van der Waals surface area contributed by atoms with Gasteiger partial charge in [-0.25, -0.2) is 0 Å². The Balaban J connectivity index is 2.46. The van der Waals surface area contributed by atoms with Crippen LogP contribution in [0.4, 0.5) is 0 Å². The Morgan fingerprint density at radius 2 is 1.94 bits per heavy atom. The third-order valence-corrected chi connectivity index (χ3v) is 2.94. The summed E-state index contributed by atoms with van der Waals surface area (Å²) in [4.78, 5) is 14.2. The number of nitrogens with zero attached hydrogens (tertiary/aromatic N) is 1. The number of ketones is 1. The predicted octanol–water partition coefficient (Wildman–Crippen LogP) is 2.15. The summed E-state index contributed by atoms with van der Waals surface area (Å²) in [5, 5.41) is 0. The van der Waals surface area contributed by atoms with Gasteiger partial charge in [-0.1, -0.05) is 30.3 Å². The highest BCUT2D eigenvalue weighted by Crippen LogP contribution is 2.03. The Morgan fingerprint density at radius 3 is 2.50 bits per heavy atom. The molecule has 0 unspecified atom stereocenters. The van der Waals surface area contributed by atoms with Crippen molar-refractivity contribution < 1.29 is 9.53 Å². The van der Waals surface area contributed by atoms with Crippen LogP contribution in [0.25, 0.3) is 0 Å². The molecule has 0 heterocycles. The zero-order chi connectivity index (χ0) is 13.4. The predicted molar refractivity (Wildman–Crippen MR) is 73.7 cm³/mol. The number of ether oxygens (including phenoxy) is 1. The maximum Gasteiger partial charge on any atom is 0.151 e. The minimum Gasteiger partial charge on any atom is -0.383 e. The SMILES string of the molecule is COCCN(CC(=O)Cc1ccccc1)C(C)C. The monoisotopic (exact) mass is 249 g/mol. The van der Waals surface area contributed by atoms with Crippen LogP contribution >= 0.6 is 0 Å². The van der Waals surface area contributed by atoms with E-state index in [1.54, 1.807) is 7.11 Å². The Bertz CT molecular complexity index is 349. The molecule has 0 bridgehead atoms. The fraction of sp³-hybridized carbons (Fsp3) is 0.533. The van der Waals surface area contributed by atoms with Gasteiger partial charge in [0, 0.05) is 26.1 Å². The van der Waals surface area contributed by atoms with Crippen molar-refractivity contribution in [2.45, 2.75) is 26.3 Å². The highest BCUT2D eigenvalue weighted by atomic mass is 16.5. The van der Waals surface area contributed by atoms with Crippen molar-refractivity contribution in [1.29, 1.82) is 0 Å². The first-order valence-corrected chi connectivity index (χ1v) is 6.42. The fourth-order valence-electron chi connectivity index (χ4n) is 1.83. The highest BCUT2D eigenvalue weighted by Gasteiger charge is 2.13. The number of carbonyl (C=O) groups is 1. The van der Waals surface area contributed by atoms with Crippen molar-refractivity contribution in [2.75, 3.05) is 26.8 Å². The van der Waals surface area contributed by atoms with Gasteiger partial charge in [0.05, 0.1) is 13.2 Å². The summed E-state index contributed by atoms with van der Waals surface area (Å²) in [5.41, 5.74) is 1.08. The van der Waals surface area contributed by atoms with Crippen molar-refractivity contribution in [3.05, 3.63) is 35.9 Å². The lowest BCUT2D eigenvalue weighted by Crippen LogP contribution is -2.38. The van der Waals surface area contributed by atoms with Gasteiger partial charge in [0.2, 0.25) is 0 Å². The smallest absolute Gasteiger partial charge is 0.151 e. The molecule has 1 aromatic rings. The van der Waals surface area contributed by atoms with E-state index in [1.807, 2.05) is 30.3 Å². The first kappa shape index (κ1) is 14.9. The van der Waals surface area contributed by atoms with Crippen LogP contribution in [-0.4, -0.2) is 43.5 Å². The van der Waals surface area contributed by atoms with Crippen molar-refractivity contribution in [1.82, 2.24) is 4.90 Å². The number of benzene rings is 1. The standard InChI is InChI=1S/C15H23NO2/c1-13(2)16(9-10-18-3)12-15(17)11-14-7-5-4-6-8-14/h4-8,13H,9-12H2,1-3H3. The molecule has 0 radical (unpaired) electrons. The second-order valence-corrected chi connectivity index (χ2v) is 4.76. The molecule has 0 amide bonds. The number of rotatable bonds is 8. The summed E-state index contributed by atoms with van der Waals surface area (Å²) in [6.07, 6.45) is 0.511. The summed E-state index contributed by atoms with van der Waals surface area (Å²) >= 11 is 0. The first-order chi connectivity index (χ1) is 8.63. The molecule has 0 atom stereocenters. The molecule has 1 aromatic carbocycles. The van der Waals surface area contributed by atoms with Gasteiger partial charge < -0.3 is 4.74 Å². The topological polar surface area (TPSA) is 29.5 Å². The van der Waals surface area contributed by atoms with Gasteiger partial charge in [0.25, 0.3) is 0 Å². The van der Waals surface area contributed by atoms with E-state index in [4.69, 9.17) is 4.74 Å². The Labute approximate surface area is 110 Å². The lowest BCUT2D eigenvalue weighted by Gasteiger charge is -2.25. The highest BCUT2D eigenvalue weighted by molar-refractivity contribution is 5.82. The van der Waals surface area contributed by atoms with Crippen LogP contribution in [0.2, 0.25) is 0 Å². The molecule has 100 valence electrons. The summed E-state index contributed by atoms with van der Waals surface area (Å²) in [7, 11) is 1.68. The minimum absolute atomic E-state index is 0.256. The first-order valence-electron chi connectivity index (χ1n) is 6.42. The van der Waals surface area contributed by atoms with Gasteiger partial charge in [0.15, 0.2) is 5.78 Å². The van der Waals surface area contributed by atoms with Gasteiger partial charge >= 0.3 is 0 Å². The van der Waals surface area contributed by atoms with Crippen molar-refractivity contribution in [2.24, 2.45) is 0 Å². The van der Waals surface area contributed by atoms with Crippen LogP contribution in [-0.2, 0) is 16.0 Å². The van der Waals surface area contributed by atoms with Crippen LogP contribution in [0.15, 0.2) is 30.3 Å². The van der Waals surface area contributed by atoms with Crippen molar-refractivity contribution >= 4 is 5.78 Å². The van der Waals surface area contributed by atoms with Crippen LogP contribution in [0.1, 0.15) is 19.4 Å². The van der Waals surface area contributed by atoms with E-state index in [0.717, 1.165) is 12.1 Å². The Morgan fingerprint density at radius 1 is 1.28 bits per heavy atom. The third-order valence-electron chi connectivity index (χ3n) is 2.94. The lowest BCUT2D eigenvalue weighted by molar-refractivity contribution is -0.120. The van der Waals surface area contributed by atoms with E-state index < -0.39 is 0 Å². The molecule has 0 saturated carbocycles. The third kappa shape index (κ3) is 5.43. The summed E-state index contributed by atoms with van der Waals surface area (Å²) in [6.45, 7) is 6.17. The van der Waals surface area contributed by atoms with Gasteiger partial charge in [-0.2, -0.15) is 0 Å². The van der Waals surface area contributed by atoms with Crippen LogP contribution in [0.5, 0.6) is 0 Å².